The second kappa shape index (κ2) is 8.05. The maximum atomic E-state index is 5.01. The standard InChI is InChI=1S/C11H25N3O/c1-11(10-13-4-3-9-15-2)14-7-5-12-6-8-14/h11-13H,3-10H2,1-2H3. The van der Waals surface area contributed by atoms with Crippen LogP contribution in [0.25, 0.3) is 0 Å². The van der Waals surface area contributed by atoms with E-state index in [-0.39, 0.29) is 0 Å². The SMILES string of the molecule is COCCCNCC(C)N1CCNCC1. The molecule has 1 aliphatic rings. The van der Waals surface area contributed by atoms with Crippen LogP contribution in [-0.4, -0.2) is 63.9 Å². The average Bonchev–Trinajstić information content (AvgIpc) is 2.30. The molecule has 0 aromatic rings. The highest BCUT2D eigenvalue weighted by molar-refractivity contribution is 4.74. The highest BCUT2D eigenvalue weighted by Gasteiger charge is 2.15. The van der Waals surface area contributed by atoms with E-state index in [1.165, 1.54) is 13.1 Å². The first-order valence-corrected chi connectivity index (χ1v) is 5.99. The molecule has 1 atom stereocenters. The molecule has 0 bridgehead atoms. The van der Waals surface area contributed by atoms with Gasteiger partial charge in [0.1, 0.15) is 0 Å². The lowest BCUT2D eigenvalue weighted by Gasteiger charge is -2.32. The van der Waals surface area contributed by atoms with Crippen LogP contribution in [0.5, 0.6) is 0 Å². The van der Waals surface area contributed by atoms with Crippen LogP contribution in [0.4, 0.5) is 0 Å². The minimum Gasteiger partial charge on any atom is -0.385 e. The van der Waals surface area contributed by atoms with Crippen molar-refractivity contribution >= 4 is 0 Å². The van der Waals surface area contributed by atoms with Crippen molar-refractivity contribution in [1.82, 2.24) is 15.5 Å². The quantitative estimate of drug-likeness (QED) is 0.582. The van der Waals surface area contributed by atoms with Crippen molar-refractivity contribution in [1.29, 1.82) is 0 Å². The molecule has 15 heavy (non-hydrogen) atoms. The van der Waals surface area contributed by atoms with Gasteiger partial charge in [0.25, 0.3) is 0 Å². The number of nitrogens with zero attached hydrogens (tertiary/aromatic N) is 1. The molecule has 1 fully saturated rings. The molecule has 4 heteroatoms. The minimum absolute atomic E-state index is 0.648. The zero-order valence-electron chi connectivity index (χ0n) is 10.1. The summed E-state index contributed by atoms with van der Waals surface area (Å²) >= 11 is 0. The third-order valence-corrected chi connectivity index (χ3v) is 2.92. The third kappa shape index (κ3) is 5.47. The molecule has 0 spiro atoms. The van der Waals surface area contributed by atoms with Crippen molar-refractivity contribution in [2.24, 2.45) is 0 Å². The molecule has 1 saturated heterocycles. The first kappa shape index (κ1) is 12.9. The van der Waals surface area contributed by atoms with Gasteiger partial charge >= 0.3 is 0 Å². The maximum Gasteiger partial charge on any atom is 0.0474 e. The Morgan fingerprint density at radius 3 is 2.80 bits per heavy atom. The molecule has 0 amide bonds. The molecule has 4 nitrogen and oxygen atoms in total. The van der Waals surface area contributed by atoms with Crippen LogP contribution in [0, 0.1) is 0 Å². The lowest BCUT2D eigenvalue weighted by Crippen LogP contribution is -2.50. The molecule has 2 N–H and O–H groups in total. The number of nitrogens with one attached hydrogen (secondary N) is 2. The summed E-state index contributed by atoms with van der Waals surface area (Å²) in [6.07, 6.45) is 1.10. The summed E-state index contributed by atoms with van der Waals surface area (Å²) in [4.78, 5) is 2.54. The Bertz CT molecular complexity index is 149. The summed E-state index contributed by atoms with van der Waals surface area (Å²) in [5, 5.41) is 6.85. The number of rotatable bonds is 7. The molecule has 1 rings (SSSR count). The van der Waals surface area contributed by atoms with Gasteiger partial charge in [-0.25, -0.2) is 0 Å². The zero-order valence-corrected chi connectivity index (χ0v) is 10.1. The molecule has 90 valence electrons. The highest BCUT2D eigenvalue weighted by atomic mass is 16.5. The Morgan fingerprint density at radius 2 is 2.13 bits per heavy atom. The summed E-state index contributed by atoms with van der Waals surface area (Å²) < 4.78 is 5.01. The molecule has 0 aromatic carbocycles. The topological polar surface area (TPSA) is 36.5 Å². The Morgan fingerprint density at radius 1 is 1.40 bits per heavy atom. The van der Waals surface area contributed by atoms with Crippen molar-refractivity contribution in [3.63, 3.8) is 0 Å². The third-order valence-electron chi connectivity index (χ3n) is 2.92. The van der Waals surface area contributed by atoms with Gasteiger partial charge in [-0.15, -0.1) is 0 Å². The first-order chi connectivity index (χ1) is 7.34. The van der Waals surface area contributed by atoms with Gasteiger partial charge in [0.15, 0.2) is 0 Å². The predicted octanol–water partition coefficient (Wildman–Crippen LogP) is -0.0938. The number of hydrogen-bond donors (Lipinski definition) is 2. The Hall–Kier alpha value is -0.160. The first-order valence-electron chi connectivity index (χ1n) is 5.99. The Labute approximate surface area is 93.4 Å². The van der Waals surface area contributed by atoms with E-state index in [0.29, 0.717) is 6.04 Å². The largest absolute Gasteiger partial charge is 0.385 e. The van der Waals surface area contributed by atoms with Crippen LogP contribution in [0.15, 0.2) is 0 Å². The second-order valence-corrected chi connectivity index (χ2v) is 4.19. The van der Waals surface area contributed by atoms with Crippen molar-refractivity contribution in [3.05, 3.63) is 0 Å². The highest BCUT2D eigenvalue weighted by Crippen LogP contribution is 1.99. The average molecular weight is 215 g/mol. The van der Waals surface area contributed by atoms with Crippen molar-refractivity contribution in [2.75, 3.05) is 53.0 Å². The number of hydrogen-bond acceptors (Lipinski definition) is 4. The van der Waals surface area contributed by atoms with E-state index >= 15 is 0 Å². The summed E-state index contributed by atoms with van der Waals surface area (Å²) in [5.74, 6) is 0. The number of piperazine rings is 1. The Kier molecular flexibility index (Phi) is 6.92. The molecule has 1 heterocycles. The lowest BCUT2D eigenvalue weighted by molar-refractivity contribution is 0.175. The van der Waals surface area contributed by atoms with Gasteiger partial charge in [0.2, 0.25) is 0 Å². The second-order valence-electron chi connectivity index (χ2n) is 4.19. The number of methoxy groups -OCH3 is 1. The fourth-order valence-corrected chi connectivity index (χ4v) is 1.90. The maximum absolute atomic E-state index is 5.01. The van der Waals surface area contributed by atoms with Crippen LogP contribution >= 0.6 is 0 Å². The van der Waals surface area contributed by atoms with Crippen molar-refractivity contribution in [2.45, 2.75) is 19.4 Å². The van der Waals surface area contributed by atoms with Crippen molar-refractivity contribution in [3.8, 4) is 0 Å². The van der Waals surface area contributed by atoms with E-state index in [4.69, 9.17) is 4.74 Å². The van der Waals surface area contributed by atoms with Gasteiger partial charge in [-0.2, -0.15) is 0 Å². The monoisotopic (exact) mass is 215 g/mol. The van der Waals surface area contributed by atoms with Crippen LogP contribution in [0.2, 0.25) is 0 Å². The summed E-state index contributed by atoms with van der Waals surface area (Å²) in [6, 6.07) is 0.648. The zero-order chi connectivity index (χ0) is 10.9. The van der Waals surface area contributed by atoms with Gasteiger partial charge in [0, 0.05) is 52.5 Å². The van der Waals surface area contributed by atoms with E-state index in [0.717, 1.165) is 39.2 Å². The molecule has 0 aliphatic carbocycles. The molecule has 1 unspecified atom stereocenters. The van der Waals surface area contributed by atoms with E-state index < -0.39 is 0 Å². The fraction of sp³-hybridized carbons (Fsp3) is 1.00. The van der Waals surface area contributed by atoms with E-state index in [1.54, 1.807) is 7.11 Å². The van der Waals surface area contributed by atoms with E-state index in [2.05, 4.69) is 22.5 Å². The molecular weight excluding hydrogens is 190 g/mol. The van der Waals surface area contributed by atoms with Gasteiger partial charge in [-0.05, 0) is 19.9 Å². The van der Waals surface area contributed by atoms with Gasteiger partial charge in [-0.1, -0.05) is 0 Å². The molecule has 0 radical (unpaired) electrons. The lowest BCUT2D eigenvalue weighted by atomic mass is 10.2. The molecule has 0 saturated carbocycles. The summed E-state index contributed by atoms with van der Waals surface area (Å²) in [6.45, 7) is 9.93. The van der Waals surface area contributed by atoms with Crippen LogP contribution < -0.4 is 10.6 Å². The fourth-order valence-electron chi connectivity index (χ4n) is 1.90. The van der Waals surface area contributed by atoms with E-state index in [9.17, 15) is 0 Å². The molecule has 0 aromatic heterocycles. The van der Waals surface area contributed by atoms with Gasteiger partial charge < -0.3 is 15.4 Å². The minimum atomic E-state index is 0.648. The van der Waals surface area contributed by atoms with E-state index in [1.807, 2.05) is 0 Å². The van der Waals surface area contributed by atoms with Gasteiger partial charge in [-0.3, -0.25) is 4.90 Å². The predicted molar refractivity (Wildman–Crippen MR) is 63.3 cm³/mol. The van der Waals surface area contributed by atoms with Gasteiger partial charge in [0.05, 0.1) is 0 Å². The Balaban J connectivity index is 1.99. The summed E-state index contributed by atoms with van der Waals surface area (Å²) in [7, 11) is 1.75. The smallest absolute Gasteiger partial charge is 0.0474 e. The van der Waals surface area contributed by atoms with Crippen LogP contribution in [0.1, 0.15) is 13.3 Å². The molecular formula is C11H25N3O. The normalized spacial score (nSPS) is 20.4. The number of ether oxygens (including phenoxy) is 1. The summed E-state index contributed by atoms with van der Waals surface area (Å²) in [5.41, 5.74) is 0. The molecule has 1 aliphatic heterocycles. The van der Waals surface area contributed by atoms with Crippen LogP contribution in [-0.2, 0) is 4.74 Å². The van der Waals surface area contributed by atoms with Crippen LogP contribution in [0.3, 0.4) is 0 Å². The van der Waals surface area contributed by atoms with Crippen molar-refractivity contribution < 1.29 is 4.74 Å².